The minimum atomic E-state index is -1.04. The Balaban J connectivity index is 1.42. The first kappa shape index (κ1) is 22.7. The molecule has 0 radical (unpaired) electrons. The zero-order valence-corrected chi connectivity index (χ0v) is 20.4. The molecule has 3 N–H and O–H groups in total. The number of thiazole rings is 1. The summed E-state index contributed by atoms with van der Waals surface area (Å²) < 4.78 is 5.62. The smallest absolute Gasteiger partial charge is 0.305 e. The van der Waals surface area contributed by atoms with E-state index in [0.29, 0.717) is 12.4 Å². The van der Waals surface area contributed by atoms with Crippen molar-refractivity contribution in [2.45, 2.75) is 36.0 Å². The molecule has 9 nitrogen and oxygen atoms in total. The Morgan fingerprint density at radius 3 is 2.66 bits per heavy atom. The molecule has 3 heterocycles. The molecule has 7 atom stereocenters. The minimum absolute atomic E-state index is 0.0196. The lowest BCUT2D eigenvalue weighted by Crippen LogP contribution is -2.42. The summed E-state index contributed by atoms with van der Waals surface area (Å²) in [5, 5.41) is 20.2. The normalized spacial score (nSPS) is 32.5. The van der Waals surface area contributed by atoms with Gasteiger partial charge in [0, 0.05) is 22.6 Å². The maximum absolute atomic E-state index is 13.3. The van der Waals surface area contributed by atoms with Gasteiger partial charge >= 0.3 is 10.8 Å². The van der Waals surface area contributed by atoms with Crippen LogP contribution >= 0.6 is 23.1 Å². The molecule has 2 aliphatic carbocycles. The lowest BCUT2D eigenvalue weighted by Gasteiger charge is -2.43. The van der Waals surface area contributed by atoms with Gasteiger partial charge in [0.2, 0.25) is 11.8 Å². The fraction of sp³-hybridized carbons (Fsp3) is 0.500. The minimum Gasteiger partial charge on any atom is -0.504 e. The van der Waals surface area contributed by atoms with Gasteiger partial charge < -0.3 is 19.9 Å². The molecule has 1 aromatic heterocycles. The number of H-pyrrole nitrogens is 1. The fourth-order valence-corrected chi connectivity index (χ4v) is 9.76. The number of nitrogens with one attached hydrogen (secondary N) is 1. The van der Waals surface area contributed by atoms with Crippen molar-refractivity contribution in [1.82, 2.24) is 9.88 Å². The highest BCUT2D eigenvalue weighted by Gasteiger charge is 2.69. The SMILES string of the molecule is CCOc1cc([C@@H]2c3sc(=O)[nH]c3S[C@H]3[C@@H]4C[C@H]([C@H]5C(=O)N(CCC(=O)O)C(=O)[C@H]45)[C@H]23)ccc1O. The molecular formula is C24H24N2O7S2. The summed E-state index contributed by atoms with van der Waals surface area (Å²) in [6.45, 7) is 2.13. The molecule has 184 valence electrons. The summed E-state index contributed by atoms with van der Waals surface area (Å²) in [5.41, 5.74) is 0.904. The first-order valence-electron chi connectivity index (χ1n) is 11.7. The van der Waals surface area contributed by atoms with E-state index in [1.807, 2.05) is 19.1 Å². The highest BCUT2D eigenvalue weighted by atomic mass is 32.2. The highest BCUT2D eigenvalue weighted by molar-refractivity contribution is 8.00. The molecule has 0 unspecified atom stereocenters. The number of carboxylic acids is 1. The third-order valence-electron chi connectivity index (χ3n) is 8.01. The predicted molar refractivity (Wildman–Crippen MR) is 127 cm³/mol. The quantitative estimate of drug-likeness (QED) is 0.498. The summed E-state index contributed by atoms with van der Waals surface area (Å²) in [4.78, 5) is 54.9. The number of imide groups is 1. The second kappa shape index (κ2) is 8.12. The van der Waals surface area contributed by atoms with E-state index in [4.69, 9.17) is 9.84 Å². The summed E-state index contributed by atoms with van der Waals surface area (Å²) in [5.74, 6) is -2.24. The van der Waals surface area contributed by atoms with Gasteiger partial charge in [0.15, 0.2) is 11.5 Å². The summed E-state index contributed by atoms with van der Waals surface area (Å²) >= 11 is 2.77. The van der Waals surface area contributed by atoms with Gasteiger partial charge in [0.25, 0.3) is 0 Å². The van der Waals surface area contributed by atoms with Crippen LogP contribution in [0.1, 0.15) is 36.1 Å². The molecule has 2 saturated carbocycles. The van der Waals surface area contributed by atoms with E-state index in [2.05, 4.69) is 4.98 Å². The summed E-state index contributed by atoms with van der Waals surface area (Å²) in [6.07, 6.45) is 0.497. The Hall–Kier alpha value is -2.79. The molecular weight excluding hydrogens is 492 g/mol. The second-order valence-electron chi connectivity index (χ2n) is 9.59. The predicted octanol–water partition coefficient (Wildman–Crippen LogP) is 2.49. The van der Waals surface area contributed by atoms with Crippen LogP contribution in [0.2, 0.25) is 0 Å². The second-order valence-corrected chi connectivity index (χ2v) is 11.8. The van der Waals surface area contributed by atoms with Gasteiger partial charge in [-0.05, 0) is 48.8 Å². The van der Waals surface area contributed by atoms with Crippen molar-refractivity contribution < 1.29 is 29.3 Å². The first-order chi connectivity index (χ1) is 16.8. The van der Waals surface area contributed by atoms with E-state index < -0.39 is 17.8 Å². The van der Waals surface area contributed by atoms with E-state index in [0.717, 1.165) is 26.8 Å². The number of nitrogens with zero attached hydrogens (tertiary/aromatic N) is 1. The van der Waals surface area contributed by atoms with Crippen molar-refractivity contribution in [2.75, 3.05) is 13.2 Å². The van der Waals surface area contributed by atoms with Gasteiger partial charge in [-0.2, -0.15) is 0 Å². The molecule has 0 spiro atoms. The number of fused-ring (bicyclic) bond motifs is 9. The van der Waals surface area contributed by atoms with Crippen molar-refractivity contribution in [2.24, 2.45) is 29.6 Å². The number of hydrogen-bond donors (Lipinski definition) is 3. The number of phenolic OH excluding ortho intramolecular Hbond substituents is 1. The molecule has 1 aromatic carbocycles. The van der Waals surface area contributed by atoms with Gasteiger partial charge in [-0.3, -0.25) is 24.1 Å². The van der Waals surface area contributed by atoms with Crippen LogP contribution in [0, 0.1) is 29.6 Å². The van der Waals surface area contributed by atoms with Crippen LogP contribution in [-0.4, -0.2) is 56.3 Å². The number of aliphatic carboxylic acids is 1. The number of thioether (sulfide) groups is 1. The zero-order chi connectivity index (χ0) is 24.6. The number of phenols is 1. The standard InChI is InChI=1S/C24H24N2O7S2/c1-2-33-13-7-9(3-4-12(13)27)15-16-10-8-11(19(16)34-21-20(15)35-24(32)25-21)18-17(10)22(30)26(23(18)31)6-5-14(28)29/h3-4,7,10-11,15-19,27H,2,5-6,8H2,1H3,(H,25,32)(H,28,29)/t10-,11+,15-,16+,17+,18+,19-/m0/s1. The molecule has 4 aliphatic rings. The number of rotatable bonds is 6. The first-order valence-corrected chi connectivity index (χ1v) is 13.4. The Morgan fingerprint density at radius 1 is 1.20 bits per heavy atom. The molecule has 2 amide bonds. The van der Waals surface area contributed by atoms with Crippen LogP contribution < -0.4 is 9.61 Å². The zero-order valence-electron chi connectivity index (χ0n) is 18.8. The van der Waals surface area contributed by atoms with Crippen molar-refractivity contribution >= 4 is 40.9 Å². The number of benzene rings is 1. The van der Waals surface area contributed by atoms with Crippen molar-refractivity contribution in [3.8, 4) is 11.5 Å². The number of aromatic hydroxyl groups is 1. The summed E-state index contributed by atoms with van der Waals surface area (Å²) in [7, 11) is 0. The molecule has 2 aromatic rings. The van der Waals surface area contributed by atoms with E-state index >= 15 is 0 Å². The van der Waals surface area contributed by atoms with E-state index in [1.54, 1.807) is 17.8 Å². The number of carboxylic acid groups (broad SMARTS) is 1. The number of carbonyl (C=O) groups is 3. The topological polar surface area (TPSA) is 137 Å². The summed E-state index contributed by atoms with van der Waals surface area (Å²) in [6, 6.07) is 5.25. The molecule has 35 heavy (non-hydrogen) atoms. The van der Waals surface area contributed by atoms with Crippen LogP contribution in [0.25, 0.3) is 0 Å². The number of amides is 2. The number of hydrogen-bond acceptors (Lipinski definition) is 8. The van der Waals surface area contributed by atoms with E-state index in [-0.39, 0.29) is 64.3 Å². The Labute approximate surface area is 208 Å². The number of ether oxygens (including phenoxy) is 1. The highest BCUT2D eigenvalue weighted by Crippen LogP contribution is 2.68. The number of likely N-dealkylation sites (tertiary alicyclic amines) is 1. The van der Waals surface area contributed by atoms with Crippen molar-refractivity contribution in [1.29, 1.82) is 0 Å². The lowest BCUT2D eigenvalue weighted by atomic mass is 9.68. The van der Waals surface area contributed by atoms with Crippen LogP contribution in [0.4, 0.5) is 0 Å². The van der Waals surface area contributed by atoms with Gasteiger partial charge in [0.1, 0.15) is 0 Å². The van der Waals surface area contributed by atoms with Gasteiger partial charge in [-0.1, -0.05) is 17.4 Å². The lowest BCUT2D eigenvalue weighted by molar-refractivity contribution is -0.142. The Morgan fingerprint density at radius 2 is 1.94 bits per heavy atom. The average Bonchev–Trinajstić information content (AvgIpc) is 3.53. The molecule has 2 aliphatic heterocycles. The van der Waals surface area contributed by atoms with Crippen molar-refractivity contribution in [3.05, 3.63) is 38.3 Å². The Bertz CT molecular complexity index is 1300. The largest absolute Gasteiger partial charge is 0.504 e. The molecule has 3 fully saturated rings. The maximum Gasteiger partial charge on any atom is 0.305 e. The third-order valence-corrected chi connectivity index (χ3v) is 10.6. The molecule has 11 heteroatoms. The van der Waals surface area contributed by atoms with Gasteiger partial charge in [-0.15, -0.1) is 11.8 Å². The fourth-order valence-electron chi connectivity index (χ4n) is 6.87. The Kier molecular flexibility index (Phi) is 5.26. The van der Waals surface area contributed by atoms with Gasteiger partial charge in [0.05, 0.1) is 29.9 Å². The number of aromatic nitrogens is 1. The van der Waals surface area contributed by atoms with Crippen LogP contribution in [0.15, 0.2) is 28.0 Å². The van der Waals surface area contributed by atoms with Crippen molar-refractivity contribution in [3.63, 3.8) is 0 Å². The number of aromatic amines is 1. The van der Waals surface area contributed by atoms with Crippen LogP contribution in [0.3, 0.4) is 0 Å². The molecule has 6 rings (SSSR count). The van der Waals surface area contributed by atoms with Crippen LogP contribution in [0.5, 0.6) is 11.5 Å². The molecule has 2 bridgehead atoms. The maximum atomic E-state index is 13.3. The van der Waals surface area contributed by atoms with E-state index in [1.165, 1.54) is 11.3 Å². The van der Waals surface area contributed by atoms with E-state index in [9.17, 15) is 24.3 Å². The molecule has 1 saturated heterocycles. The monoisotopic (exact) mass is 516 g/mol. The third kappa shape index (κ3) is 3.27. The average molecular weight is 517 g/mol. The number of carbonyl (C=O) groups excluding carboxylic acids is 2. The van der Waals surface area contributed by atoms with Crippen LogP contribution in [-0.2, 0) is 14.4 Å². The van der Waals surface area contributed by atoms with Gasteiger partial charge in [-0.25, -0.2) is 0 Å².